The van der Waals surface area contributed by atoms with Gasteiger partial charge in [-0.05, 0) is 64.4 Å². The van der Waals surface area contributed by atoms with E-state index in [1.165, 1.54) is 5.56 Å². The fourth-order valence-electron chi connectivity index (χ4n) is 5.08. The lowest BCUT2D eigenvalue weighted by Gasteiger charge is -2.48. The number of hydrogen-bond donors (Lipinski definition) is 2. The van der Waals surface area contributed by atoms with Gasteiger partial charge in [0.05, 0.1) is 5.60 Å². The highest BCUT2D eigenvalue weighted by molar-refractivity contribution is 5.75. The number of ether oxygens (including phenoxy) is 1. The number of nitrogens with zero attached hydrogens (tertiary/aromatic N) is 2. The average molecular weight is 443 g/mol. The van der Waals surface area contributed by atoms with E-state index in [0.29, 0.717) is 32.3 Å². The Morgan fingerprint density at radius 3 is 2.50 bits per heavy atom. The molecule has 2 aliphatic heterocycles. The van der Waals surface area contributed by atoms with Crippen LogP contribution in [0.15, 0.2) is 30.3 Å². The molecule has 0 bridgehead atoms. The molecule has 176 valence electrons. The number of hydrogen-bond acceptors (Lipinski definition) is 3. The van der Waals surface area contributed by atoms with Crippen molar-refractivity contribution in [1.82, 2.24) is 20.4 Å². The number of benzene rings is 1. The summed E-state index contributed by atoms with van der Waals surface area (Å²) in [4.78, 5) is 29.5. The molecule has 2 heterocycles. The van der Waals surface area contributed by atoms with Crippen molar-refractivity contribution in [3.63, 3.8) is 0 Å². The lowest BCUT2D eigenvalue weighted by atomic mass is 9.82. The van der Waals surface area contributed by atoms with Gasteiger partial charge in [0.25, 0.3) is 0 Å². The molecule has 2 N–H and O–H groups in total. The third kappa shape index (κ3) is 5.74. The Balaban J connectivity index is 1.27. The first kappa shape index (κ1) is 22.9. The van der Waals surface area contributed by atoms with E-state index in [2.05, 4.69) is 27.7 Å². The number of amides is 4. The third-order valence-electron chi connectivity index (χ3n) is 6.94. The van der Waals surface area contributed by atoms with Crippen molar-refractivity contribution in [3.05, 3.63) is 35.9 Å². The van der Waals surface area contributed by atoms with Crippen LogP contribution in [0, 0.1) is 0 Å². The third-order valence-corrected chi connectivity index (χ3v) is 6.94. The Morgan fingerprint density at radius 1 is 1.12 bits per heavy atom. The molecule has 1 aromatic carbocycles. The minimum Gasteiger partial charge on any atom is -0.375 e. The predicted molar refractivity (Wildman–Crippen MR) is 125 cm³/mol. The second-order valence-electron chi connectivity index (χ2n) is 9.88. The van der Waals surface area contributed by atoms with E-state index in [4.69, 9.17) is 4.74 Å². The van der Waals surface area contributed by atoms with Crippen molar-refractivity contribution in [1.29, 1.82) is 0 Å². The lowest BCUT2D eigenvalue weighted by Crippen LogP contribution is -2.58. The number of carbonyl (C=O) groups excluding carboxylic acids is 2. The van der Waals surface area contributed by atoms with Gasteiger partial charge in [-0.3, -0.25) is 0 Å². The first-order chi connectivity index (χ1) is 15.5. The van der Waals surface area contributed by atoms with Gasteiger partial charge in [-0.15, -0.1) is 0 Å². The Kier molecular flexibility index (Phi) is 7.23. The van der Waals surface area contributed by atoms with Gasteiger partial charge in [0.15, 0.2) is 0 Å². The Labute approximate surface area is 191 Å². The number of carbonyl (C=O) groups is 2. The summed E-state index contributed by atoms with van der Waals surface area (Å²) in [7, 11) is 0. The van der Waals surface area contributed by atoms with Crippen molar-refractivity contribution in [3.8, 4) is 0 Å². The molecular weight excluding hydrogens is 404 g/mol. The van der Waals surface area contributed by atoms with Crippen LogP contribution < -0.4 is 10.6 Å². The summed E-state index contributed by atoms with van der Waals surface area (Å²) in [5.74, 6) is 0. The molecule has 1 aromatic rings. The monoisotopic (exact) mass is 442 g/mol. The molecule has 7 nitrogen and oxygen atoms in total. The molecule has 1 aliphatic carbocycles. The summed E-state index contributed by atoms with van der Waals surface area (Å²) in [5.41, 5.74) is 1.02. The zero-order valence-corrected chi connectivity index (χ0v) is 19.5. The van der Waals surface area contributed by atoms with Crippen molar-refractivity contribution >= 4 is 12.1 Å². The van der Waals surface area contributed by atoms with Crippen LogP contribution in [0.1, 0.15) is 57.9 Å². The van der Waals surface area contributed by atoms with Gasteiger partial charge in [0.1, 0.15) is 0 Å². The molecule has 32 heavy (non-hydrogen) atoms. The molecule has 0 aromatic heterocycles. The van der Waals surface area contributed by atoms with Crippen LogP contribution in [0.3, 0.4) is 0 Å². The summed E-state index contributed by atoms with van der Waals surface area (Å²) in [6.07, 6.45) is 6.48. The molecular formula is C25H38N4O3. The fraction of sp³-hybridized carbons (Fsp3) is 0.680. The van der Waals surface area contributed by atoms with E-state index < -0.39 is 0 Å². The topological polar surface area (TPSA) is 73.9 Å². The van der Waals surface area contributed by atoms with E-state index in [1.807, 2.05) is 36.9 Å². The van der Waals surface area contributed by atoms with Gasteiger partial charge in [0.2, 0.25) is 0 Å². The van der Waals surface area contributed by atoms with Crippen molar-refractivity contribution in [2.75, 3.05) is 26.2 Å². The van der Waals surface area contributed by atoms with E-state index in [9.17, 15) is 9.59 Å². The molecule has 1 unspecified atom stereocenters. The maximum atomic E-state index is 12.9. The Morgan fingerprint density at radius 2 is 1.84 bits per heavy atom. The van der Waals surface area contributed by atoms with Crippen LogP contribution in [0.4, 0.5) is 9.59 Å². The van der Waals surface area contributed by atoms with Gasteiger partial charge >= 0.3 is 12.1 Å². The molecule has 1 saturated carbocycles. The van der Waals surface area contributed by atoms with Crippen LogP contribution in [-0.4, -0.2) is 71.8 Å². The molecule has 4 rings (SSSR count). The first-order valence-electron chi connectivity index (χ1n) is 12.3. The standard InChI is InChI=1S/C25H38N4O3/c1-19(2)27-24(31)29(21-8-9-21)22-11-17-32-25(18-22)12-15-28(16-13-25)23(30)26-14-10-20-6-4-3-5-7-20/h3-7,19,21-22H,8-18H2,1-2H3,(H,26,30)(H,27,31). The quantitative estimate of drug-likeness (QED) is 0.708. The number of rotatable bonds is 6. The van der Waals surface area contributed by atoms with Crippen molar-refractivity contribution in [2.45, 2.75) is 82.5 Å². The van der Waals surface area contributed by atoms with Crippen LogP contribution in [0.25, 0.3) is 0 Å². The van der Waals surface area contributed by atoms with Gasteiger partial charge in [-0.1, -0.05) is 30.3 Å². The summed E-state index contributed by atoms with van der Waals surface area (Å²) < 4.78 is 6.30. The van der Waals surface area contributed by atoms with E-state index in [-0.39, 0.29) is 29.7 Å². The van der Waals surface area contributed by atoms with E-state index >= 15 is 0 Å². The van der Waals surface area contributed by atoms with E-state index in [0.717, 1.165) is 44.9 Å². The van der Waals surface area contributed by atoms with Gasteiger partial charge in [-0.25, -0.2) is 9.59 Å². The summed E-state index contributed by atoms with van der Waals surface area (Å²) in [6, 6.07) is 11.0. The van der Waals surface area contributed by atoms with Gasteiger partial charge in [-0.2, -0.15) is 0 Å². The normalized spacial score (nSPS) is 22.6. The maximum absolute atomic E-state index is 12.9. The largest absolute Gasteiger partial charge is 0.375 e. The minimum atomic E-state index is -0.213. The van der Waals surface area contributed by atoms with E-state index in [1.54, 1.807) is 0 Å². The number of nitrogens with one attached hydrogen (secondary N) is 2. The van der Waals surface area contributed by atoms with Gasteiger partial charge < -0.3 is 25.2 Å². The van der Waals surface area contributed by atoms with Crippen LogP contribution >= 0.6 is 0 Å². The summed E-state index contributed by atoms with van der Waals surface area (Å²) >= 11 is 0. The molecule has 7 heteroatoms. The van der Waals surface area contributed by atoms with Gasteiger partial charge in [0, 0.05) is 44.4 Å². The molecule has 1 atom stereocenters. The molecule has 3 fully saturated rings. The first-order valence-corrected chi connectivity index (χ1v) is 12.3. The molecule has 2 saturated heterocycles. The van der Waals surface area contributed by atoms with Crippen molar-refractivity contribution < 1.29 is 14.3 Å². The van der Waals surface area contributed by atoms with Crippen molar-refractivity contribution in [2.24, 2.45) is 0 Å². The zero-order chi connectivity index (χ0) is 22.6. The average Bonchev–Trinajstić information content (AvgIpc) is 3.60. The highest BCUT2D eigenvalue weighted by Gasteiger charge is 2.46. The smallest absolute Gasteiger partial charge is 0.318 e. The van der Waals surface area contributed by atoms with Crippen LogP contribution in [-0.2, 0) is 11.2 Å². The maximum Gasteiger partial charge on any atom is 0.318 e. The number of urea groups is 2. The summed E-state index contributed by atoms with van der Waals surface area (Å²) in [6.45, 7) is 6.75. The Bertz CT molecular complexity index is 773. The van der Waals surface area contributed by atoms with Crippen LogP contribution in [0.5, 0.6) is 0 Å². The Hall–Kier alpha value is -2.28. The molecule has 0 radical (unpaired) electrons. The minimum absolute atomic E-state index is 0.0130. The molecule has 4 amide bonds. The fourth-order valence-corrected chi connectivity index (χ4v) is 5.08. The highest BCUT2D eigenvalue weighted by atomic mass is 16.5. The zero-order valence-electron chi connectivity index (χ0n) is 19.5. The molecule has 3 aliphatic rings. The predicted octanol–water partition coefficient (Wildman–Crippen LogP) is 3.53. The second-order valence-corrected chi connectivity index (χ2v) is 9.88. The number of piperidine rings is 1. The lowest BCUT2D eigenvalue weighted by molar-refractivity contribution is -0.125. The highest BCUT2D eigenvalue weighted by Crippen LogP contribution is 2.40. The van der Waals surface area contributed by atoms with Crippen LogP contribution in [0.2, 0.25) is 0 Å². The number of likely N-dealkylation sites (tertiary alicyclic amines) is 1. The second kappa shape index (κ2) is 10.1. The molecule has 1 spiro atoms. The SMILES string of the molecule is CC(C)NC(=O)N(C1CC1)C1CCOC2(CCN(C(=O)NCCc3ccccc3)CC2)C1. The summed E-state index contributed by atoms with van der Waals surface area (Å²) in [5, 5.41) is 6.15.